The lowest BCUT2D eigenvalue weighted by atomic mass is 10.1. The second-order valence-electron chi connectivity index (χ2n) is 3.32. The first-order valence-electron chi connectivity index (χ1n) is 4.56. The zero-order valence-corrected chi connectivity index (χ0v) is 9.62. The van der Waals surface area contributed by atoms with Crippen LogP contribution >= 0.6 is 15.9 Å². The molecule has 0 aliphatic heterocycles. The van der Waals surface area contributed by atoms with Gasteiger partial charge in [-0.15, -0.1) is 0 Å². The zero-order valence-electron chi connectivity index (χ0n) is 8.03. The number of carbonyl (C=O) groups excluding carboxylic acids is 1. The number of benzene rings is 1. The molecular weight excluding hydrogens is 244 g/mol. The van der Waals surface area contributed by atoms with Gasteiger partial charge in [0.2, 0.25) is 0 Å². The van der Waals surface area contributed by atoms with Gasteiger partial charge in [-0.3, -0.25) is 4.79 Å². The van der Waals surface area contributed by atoms with Crippen LogP contribution in [0.2, 0.25) is 0 Å². The highest BCUT2D eigenvalue weighted by Gasteiger charge is 2.06. The van der Waals surface area contributed by atoms with E-state index in [2.05, 4.69) is 15.9 Å². The van der Waals surface area contributed by atoms with Gasteiger partial charge in [-0.2, -0.15) is 0 Å². The van der Waals surface area contributed by atoms with Crippen LogP contribution in [0.15, 0.2) is 28.7 Å². The lowest BCUT2D eigenvalue weighted by Crippen LogP contribution is -2.05. The lowest BCUT2D eigenvalue weighted by Gasteiger charge is -2.03. The standard InChI is InChI=1S/C11H13BrO2/c1-8(13)2-7-11(14)9-3-5-10(12)6-4-9/h3-6,8,13H,2,7H2,1H3/t8-/m1/s1. The van der Waals surface area contributed by atoms with Gasteiger partial charge in [0.1, 0.15) is 0 Å². The minimum absolute atomic E-state index is 0.0819. The molecule has 1 aromatic carbocycles. The molecule has 0 amide bonds. The van der Waals surface area contributed by atoms with Crippen molar-refractivity contribution < 1.29 is 9.90 Å². The first-order chi connectivity index (χ1) is 6.59. The van der Waals surface area contributed by atoms with E-state index < -0.39 is 6.10 Å². The molecule has 0 aliphatic carbocycles. The Morgan fingerprint density at radius 2 is 2.00 bits per heavy atom. The zero-order chi connectivity index (χ0) is 10.6. The third-order valence-electron chi connectivity index (χ3n) is 1.96. The number of aliphatic hydroxyl groups excluding tert-OH is 1. The third kappa shape index (κ3) is 3.60. The van der Waals surface area contributed by atoms with Crippen molar-refractivity contribution in [1.82, 2.24) is 0 Å². The maximum absolute atomic E-state index is 11.5. The van der Waals surface area contributed by atoms with Gasteiger partial charge in [-0.25, -0.2) is 0 Å². The Hall–Kier alpha value is -0.670. The summed E-state index contributed by atoms with van der Waals surface area (Å²) in [6.07, 6.45) is 0.517. The van der Waals surface area contributed by atoms with Gasteiger partial charge >= 0.3 is 0 Å². The van der Waals surface area contributed by atoms with Crippen molar-refractivity contribution in [2.45, 2.75) is 25.9 Å². The molecule has 0 radical (unpaired) electrons. The summed E-state index contributed by atoms with van der Waals surface area (Å²) in [5.41, 5.74) is 0.703. The Balaban J connectivity index is 2.57. The molecule has 1 N–H and O–H groups in total. The monoisotopic (exact) mass is 256 g/mol. The number of halogens is 1. The van der Waals surface area contributed by atoms with Gasteiger partial charge in [0.05, 0.1) is 6.10 Å². The third-order valence-corrected chi connectivity index (χ3v) is 2.48. The van der Waals surface area contributed by atoms with Crippen molar-refractivity contribution in [3.63, 3.8) is 0 Å². The average Bonchev–Trinajstić information content (AvgIpc) is 2.15. The van der Waals surface area contributed by atoms with Gasteiger partial charge in [0, 0.05) is 16.5 Å². The van der Waals surface area contributed by atoms with Crippen LogP contribution in [0.4, 0.5) is 0 Å². The van der Waals surface area contributed by atoms with E-state index in [1.165, 1.54) is 0 Å². The molecule has 14 heavy (non-hydrogen) atoms. The summed E-state index contributed by atoms with van der Waals surface area (Å²) in [4.78, 5) is 11.5. The Labute approximate surface area is 92.1 Å². The molecule has 1 atom stereocenters. The summed E-state index contributed by atoms with van der Waals surface area (Å²) >= 11 is 3.31. The Morgan fingerprint density at radius 1 is 1.43 bits per heavy atom. The van der Waals surface area contributed by atoms with Gasteiger partial charge in [0.25, 0.3) is 0 Å². The van der Waals surface area contributed by atoms with Crippen molar-refractivity contribution in [3.8, 4) is 0 Å². The predicted molar refractivity (Wildman–Crippen MR) is 59.4 cm³/mol. The molecule has 0 unspecified atom stereocenters. The summed E-state index contributed by atoms with van der Waals surface area (Å²) in [6.45, 7) is 1.69. The average molecular weight is 257 g/mol. The molecule has 2 nitrogen and oxygen atoms in total. The van der Waals surface area contributed by atoms with Gasteiger partial charge in [-0.1, -0.05) is 28.1 Å². The number of aliphatic hydroxyl groups is 1. The lowest BCUT2D eigenvalue weighted by molar-refractivity contribution is 0.0949. The number of Topliss-reactive ketones (excluding diaryl/α,β-unsaturated/α-hetero) is 1. The van der Waals surface area contributed by atoms with Crippen LogP contribution in [0.3, 0.4) is 0 Å². The summed E-state index contributed by atoms with van der Waals surface area (Å²) in [7, 11) is 0. The summed E-state index contributed by atoms with van der Waals surface area (Å²) in [5.74, 6) is 0.0819. The minimum atomic E-state index is -0.408. The molecule has 0 aliphatic rings. The summed E-state index contributed by atoms with van der Waals surface area (Å²) in [6, 6.07) is 7.26. The number of carbonyl (C=O) groups is 1. The van der Waals surface area contributed by atoms with E-state index >= 15 is 0 Å². The van der Waals surface area contributed by atoms with Gasteiger partial charge < -0.3 is 5.11 Å². The molecule has 1 rings (SSSR count). The largest absolute Gasteiger partial charge is 0.393 e. The first kappa shape index (κ1) is 11.4. The van der Waals surface area contributed by atoms with Crippen LogP contribution in [-0.4, -0.2) is 17.0 Å². The quantitative estimate of drug-likeness (QED) is 0.842. The van der Waals surface area contributed by atoms with E-state index in [1.54, 1.807) is 19.1 Å². The molecule has 0 bridgehead atoms. The Bertz CT molecular complexity index is 304. The highest BCUT2D eigenvalue weighted by molar-refractivity contribution is 9.10. The Kier molecular flexibility index (Phi) is 4.29. The number of rotatable bonds is 4. The maximum Gasteiger partial charge on any atom is 0.162 e. The van der Waals surface area contributed by atoms with Crippen molar-refractivity contribution in [2.24, 2.45) is 0 Å². The molecule has 0 fully saturated rings. The van der Waals surface area contributed by atoms with E-state index in [4.69, 9.17) is 5.11 Å². The van der Waals surface area contributed by atoms with E-state index in [-0.39, 0.29) is 5.78 Å². The van der Waals surface area contributed by atoms with Crippen LogP contribution in [-0.2, 0) is 0 Å². The van der Waals surface area contributed by atoms with Crippen molar-refractivity contribution >= 4 is 21.7 Å². The normalized spacial score (nSPS) is 12.5. The van der Waals surface area contributed by atoms with E-state index in [0.29, 0.717) is 18.4 Å². The smallest absolute Gasteiger partial charge is 0.162 e. The topological polar surface area (TPSA) is 37.3 Å². The second kappa shape index (κ2) is 5.27. The SMILES string of the molecule is C[C@@H](O)CCC(=O)c1ccc(Br)cc1. The first-order valence-corrected chi connectivity index (χ1v) is 5.35. The molecule has 76 valence electrons. The fourth-order valence-electron chi connectivity index (χ4n) is 1.12. The highest BCUT2D eigenvalue weighted by atomic mass is 79.9. The van der Waals surface area contributed by atoms with Crippen LogP contribution in [0.1, 0.15) is 30.1 Å². The molecule has 0 aromatic heterocycles. The van der Waals surface area contributed by atoms with Crippen LogP contribution in [0.25, 0.3) is 0 Å². The van der Waals surface area contributed by atoms with Crippen molar-refractivity contribution in [1.29, 1.82) is 0 Å². The van der Waals surface area contributed by atoms with Crippen molar-refractivity contribution in [3.05, 3.63) is 34.3 Å². The van der Waals surface area contributed by atoms with Crippen molar-refractivity contribution in [2.75, 3.05) is 0 Å². The summed E-state index contributed by atoms with van der Waals surface area (Å²) in [5, 5.41) is 9.03. The van der Waals surface area contributed by atoms with Gasteiger partial charge in [-0.05, 0) is 25.5 Å². The molecule has 0 spiro atoms. The molecular formula is C11H13BrO2. The minimum Gasteiger partial charge on any atom is -0.393 e. The second-order valence-corrected chi connectivity index (χ2v) is 4.23. The van der Waals surface area contributed by atoms with E-state index in [0.717, 1.165) is 4.47 Å². The van der Waals surface area contributed by atoms with Crippen LogP contribution < -0.4 is 0 Å². The number of hydrogen-bond donors (Lipinski definition) is 1. The molecule has 0 saturated carbocycles. The molecule has 3 heteroatoms. The summed E-state index contributed by atoms with van der Waals surface area (Å²) < 4.78 is 0.963. The van der Waals surface area contributed by atoms with Gasteiger partial charge in [0.15, 0.2) is 5.78 Å². The van der Waals surface area contributed by atoms with Crippen LogP contribution in [0.5, 0.6) is 0 Å². The molecule has 0 saturated heterocycles. The number of hydrogen-bond acceptors (Lipinski definition) is 2. The predicted octanol–water partition coefficient (Wildman–Crippen LogP) is 2.79. The molecule has 1 aromatic rings. The van der Waals surface area contributed by atoms with E-state index in [1.807, 2.05) is 12.1 Å². The number of ketones is 1. The Morgan fingerprint density at radius 3 is 2.50 bits per heavy atom. The van der Waals surface area contributed by atoms with E-state index in [9.17, 15) is 4.79 Å². The molecule has 0 heterocycles. The fourth-order valence-corrected chi connectivity index (χ4v) is 1.38. The fraction of sp³-hybridized carbons (Fsp3) is 0.364. The maximum atomic E-state index is 11.5. The van der Waals surface area contributed by atoms with Crippen LogP contribution in [0, 0.1) is 0 Å². The highest BCUT2D eigenvalue weighted by Crippen LogP contribution is 2.12.